The van der Waals surface area contributed by atoms with E-state index >= 15 is 0 Å². The van der Waals surface area contributed by atoms with Gasteiger partial charge in [-0.3, -0.25) is 4.90 Å². The van der Waals surface area contributed by atoms with E-state index < -0.39 is 0 Å². The molecule has 1 amide bonds. The summed E-state index contributed by atoms with van der Waals surface area (Å²) in [6.45, 7) is 2.70. The van der Waals surface area contributed by atoms with Crippen LogP contribution in [-0.2, 0) is 16.0 Å². The Bertz CT molecular complexity index is 413. The molecule has 2 aliphatic heterocycles. The van der Waals surface area contributed by atoms with Gasteiger partial charge >= 0.3 is 6.09 Å². The van der Waals surface area contributed by atoms with Crippen molar-refractivity contribution in [3.8, 4) is 0 Å². The molecule has 0 saturated carbocycles. The van der Waals surface area contributed by atoms with E-state index in [-0.39, 0.29) is 12.0 Å². The van der Waals surface area contributed by atoms with Crippen LogP contribution in [0.25, 0.3) is 0 Å². The number of nitrogens with zero attached hydrogens (tertiary/aromatic N) is 3. The van der Waals surface area contributed by atoms with Crippen molar-refractivity contribution in [2.45, 2.75) is 18.9 Å². The molecule has 0 N–H and O–H groups in total. The minimum atomic E-state index is -0.325. The quantitative estimate of drug-likeness (QED) is 0.765. The summed E-state index contributed by atoms with van der Waals surface area (Å²) in [5.41, 5.74) is 0. The highest BCUT2D eigenvalue weighted by molar-refractivity contribution is 5.69. The maximum atomic E-state index is 11.2. The van der Waals surface area contributed by atoms with E-state index in [1.165, 1.54) is 0 Å². The molecule has 1 atom stereocenters. The Morgan fingerprint density at radius 3 is 3.06 bits per heavy atom. The van der Waals surface area contributed by atoms with Crippen LogP contribution in [0.1, 0.15) is 24.1 Å². The van der Waals surface area contributed by atoms with E-state index in [9.17, 15) is 4.79 Å². The lowest BCUT2D eigenvalue weighted by molar-refractivity contribution is 0.154. The summed E-state index contributed by atoms with van der Waals surface area (Å²) in [5, 5.41) is 3.92. The molecule has 3 heterocycles. The lowest BCUT2D eigenvalue weighted by atomic mass is 10.1. The number of rotatable bonds is 3. The van der Waals surface area contributed by atoms with Gasteiger partial charge in [-0.2, -0.15) is 4.98 Å². The first kappa shape index (κ1) is 10.5. The molecule has 7 nitrogen and oxygen atoms in total. The zero-order chi connectivity index (χ0) is 11.7. The first-order valence-electron chi connectivity index (χ1n) is 5.65. The van der Waals surface area contributed by atoms with E-state index in [0.29, 0.717) is 38.0 Å². The van der Waals surface area contributed by atoms with Gasteiger partial charge in [-0.05, 0) is 6.42 Å². The molecule has 92 valence electrons. The van der Waals surface area contributed by atoms with Crippen LogP contribution in [0.5, 0.6) is 0 Å². The Balaban J connectivity index is 1.65. The Morgan fingerprint density at radius 1 is 1.41 bits per heavy atom. The molecule has 0 radical (unpaired) electrons. The second-order valence-corrected chi connectivity index (χ2v) is 4.14. The molecule has 2 aliphatic rings. The second-order valence-electron chi connectivity index (χ2n) is 4.14. The molecule has 1 aromatic heterocycles. The van der Waals surface area contributed by atoms with Crippen LogP contribution in [0.4, 0.5) is 4.79 Å². The molecule has 0 spiro atoms. The molecule has 0 aromatic carbocycles. The number of aromatic nitrogens is 2. The highest BCUT2D eigenvalue weighted by Crippen LogP contribution is 2.22. The smallest absolute Gasteiger partial charge is 0.410 e. The van der Waals surface area contributed by atoms with Gasteiger partial charge in [0.25, 0.3) is 0 Å². The van der Waals surface area contributed by atoms with Gasteiger partial charge in [0, 0.05) is 12.5 Å². The molecular formula is C10H13N3O4. The van der Waals surface area contributed by atoms with Crippen molar-refractivity contribution in [3.05, 3.63) is 11.7 Å². The summed E-state index contributed by atoms with van der Waals surface area (Å²) in [5.74, 6) is 1.34. The van der Waals surface area contributed by atoms with Crippen LogP contribution in [0, 0.1) is 0 Å². The van der Waals surface area contributed by atoms with E-state index in [1.54, 1.807) is 4.90 Å². The fraction of sp³-hybridized carbons (Fsp3) is 0.700. The van der Waals surface area contributed by atoms with Gasteiger partial charge in [-0.15, -0.1) is 0 Å². The van der Waals surface area contributed by atoms with Crippen LogP contribution in [0.15, 0.2) is 4.52 Å². The van der Waals surface area contributed by atoms with Gasteiger partial charge in [-0.1, -0.05) is 5.16 Å². The average Bonchev–Trinajstić information content (AvgIpc) is 3.02. The van der Waals surface area contributed by atoms with Gasteiger partial charge < -0.3 is 14.0 Å². The Labute approximate surface area is 97.7 Å². The van der Waals surface area contributed by atoms with Crippen molar-refractivity contribution in [1.82, 2.24) is 15.0 Å². The van der Waals surface area contributed by atoms with Gasteiger partial charge in [0.1, 0.15) is 13.2 Å². The lowest BCUT2D eigenvalue weighted by Gasteiger charge is -2.07. The van der Waals surface area contributed by atoms with Crippen molar-refractivity contribution in [2.24, 2.45) is 0 Å². The number of carbonyl (C=O) groups excluding carboxylic acids is 1. The summed E-state index contributed by atoms with van der Waals surface area (Å²) in [6, 6.07) is 0. The second kappa shape index (κ2) is 4.33. The fourth-order valence-electron chi connectivity index (χ4n) is 1.97. The van der Waals surface area contributed by atoms with Crippen LogP contribution >= 0.6 is 0 Å². The first-order chi connectivity index (χ1) is 8.33. The van der Waals surface area contributed by atoms with Gasteiger partial charge in [0.05, 0.1) is 13.2 Å². The number of hydrogen-bond acceptors (Lipinski definition) is 6. The predicted molar refractivity (Wildman–Crippen MR) is 54.2 cm³/mol. The molecule has 1 aromatic rings. The minimum Gasteiger partial charge on any atom is -0.448 e. The summed E-state index contributed by atoms with van der Waals surface area (Å²) in [7, 11) is 0. The molecule has 1 unspecified atom stereocenters. The lowest BCUT2D eigenvalue weighted by Crippen LogP contribution is -2.23. The number of ether oxygens (including phenoxy) is 2. The third kappa shape index (κ3) is 2.10. The molecule has 2 saturated heterocycles. The monoisotopic (exact) mass is 239 g/mol. The zero-order valence-electron chi connectivity index (χ0n) is 9.29. The largest absolute Gasteiger partial charge is 0.448 e. The number of cyclic esters (lactones) is 1. The standard InChI is InChI=1S/C10H13N3O4/c14-10-13(2-4-16-10)5-8-11-9(12-17-8)7-1-3-15-6-7/h7H,1-6H2. The summed E-state index contributed by atoms with van der Waals surface area (Å²) >= 11 is 0. The van der Waals surface area contributed by atoms with Crippen LogP contribution in [-0.4, -0.2) is 47.5 Å². The van der Waals surface area contributed by atoms with Crippen molar-refractivity contribution < 1.29 is 18.8 Å². The molecule has 7 heteroatoms. The molecule has 3 rings (SSSR count). The van der Waals surface area contributed by atoms with E-state index in [2.05, 4.69) is 10.1 Å². The highest BCUT2D eigenvalue weighted by Gasteiger charge is 2.26. The van der Waals surface area contributed by atoms with Crippen molar-refractivity contribution in [2.75, 3.05) is 26.4 Å². The van der Waals surface area contributed by atoms with Crippen molar-refractivity contribution in [1.29, 1.82) is 0 Å². The maximum absolute atomic E-state index is 11.2. The van der Waals surface area contributed by atoms with Gasteiger partial charge in [-0.25, -0.2) is 4.79 Å². The van der Waals surface area contributed by atoms with Gasteiger partial charge in [0.15, 0.2) is 5.82 Å². The average molecular weight is 239 g/mol. The predicted octanol–water partition coefficient (Wildman–Crippen LogP) is 0.526. The summed E-state index contributed by atoms with van der Waals surface area (Å²) in [4.78, 5) is 17.1. The minimum absolute atomic E-state index is 0.220. The summed E-state index contributed by atoms with van der Waals surface area (Å²) in [6.07, 6.45) is 0.596. The summed E-state index contributed by atoms with van der Waals surface area (Å²) < 4.78 is 15.2. The Kier molecular flexibility index (Phi) is 2.68. The third-order valence-electron chi connectivity index (χ3n) is 2.95. The first-order valence-corrected chi connectivity index (χ1v) is 5.65. The van der Waals surface area contributed by atoms with Crippen molar-refractivity contribution >= 4 is 6.09 Å². The zero-order valence-corrected chi connectivity index (χ0v) is 9.29. The Morgan fingerprint density at radius 2 is 2.35 bits per heavy atom. The molecular weight excluding hydrogens is 226 g/mol. The number of hydrogen-bond donors (Lipinski definition) is 0. The van der Waals surface area contributed by atoms with E-state index in [1.807, 2.05) is 0 Å². The molecule has 0 aliphatic carbocycles. The topological polar surface area (TPSA) is 77.7 Å². The third-order valence-corrected chi connectivity index (χ3v) is 2.95. The maximum Gasteiger partial charge on any atom is 0.410 e. The Hall–Kier alpha value is -1.63. The van der Waals surface area contributed by atoms with E-state index in [0.717, 1.165) is 13.0 Å². The molecule has 2 fully saturated rings. The highest BCUT2D eigenvalue weighted by atomic mass is 16.6. The van der Waals surface area contributed by atoms with Gasteiger partial charge in [0.2, 0.25) is 5.89 Å². The number of carbonyl (C=O) groups is 1. The van der Waals surface area contributed by atoms with Crippen LogP contribution in [0.3, 0.4) is 0 Å². The molecule has 0 bridgehead atoms. The van der Waals surface area contributed by atoms with Crippen LogP contribution < -0.4 is 0 Å². The SMILES string of the molecule is O=C1OCCN1Cc1nc(C2CCOC2)no1. The van der Waals surface area contributed by atoms with E-state index in [4.69, 9.17) is 14.0 Å². The normalized spacial score (nSPS) is 24.4. The fourth-order valence-corrected chi connectivity index (χ4v) is 1.97. The van der Waals surface area contributed by atoms with Crippen LogP contribution in [0.2, 0.25) is 0 Å². The number of amides is 1. The van der Waals surface area contributed by atoms with Crippen molar-refractivity contribution in [3.63, 3.8) is 0 Å². The molecule has 17 heavy (non-hydrogen) atoms.